The zero-order valence-electron chi connectivity index (χ0n) is 20.7. The first-order chi connectivity index (χ1) is 14.2. The molecule has 0 radical (unpaired) electrons. The van der Waals surface area contributed by atoms with Crippen LogP contribution in [0.15, 0.2) is 23.8 Å². The van der Waals surface area contributed by atoms with Crippen molar-refractivity contribution in [2.75, 3.05) is 0 Å². The Morgan fingerprint density at radius 2 is 1.80 bits per heavy atom. The van der Waals surface area contributed by atoms with Gasteiger partial charge in [-0.3, -0.25) is 0 Å². The fourth-order valence-corrected chi connectivity index (χ4v) is 8.83. The number of fused-ring (bicyclic) bond motifs is 5. The molecule has 3 saturated carbocycles. The number of rotatable bonds is 5. The molecule has 0 bridgehead atoms. The van der Waals surface area contributed by atoms with Gasteiger partial charge in [0, 0.05) is 0 Å². The molecular formula is C29H48O. The Bertz CT molecular complexity index is 674. The van der Waals surface area contributed by atoms with E-state index in [1.807, 2.05) is 0 Å². The molecule has 1 heteroatoms. The molecule has 0 aromatic rings. The highest BCUT2D eigenvalue weighted by molar-refractivity contribution is 5.25. The first-order valence-corrected chi connectivity index (χ1v) is 13.3. The molecule has 30 heavy (non-hydrogen) atoms. The van der Waals surface area contributed by atoms with Gasteiger partial charge in [-0.25, -0.2) is 0 Å². The van der Waals surface area contributed by atoms with Crippen molar-refractivity contribution in [3.8, 4) is 0 Å². The van der Waals surface area contributed by atoms with Gasteiger partial charge in [0.2, 0.25) is 0 Å². The monoisotopic (exact) mass is 412 g/mol. The Labute approximate surface area is 186 Å². The summed E-state index contributed by atoms with van der Waals surface area (Å²) >= 11 is 0. The summed E-state index contributed by atoms with van der Waals surface area (Å²) < 4.78 is 0. The summed E-state index contributed by atoms with van der Waals surface area (Å²) in [4.78, 5) is 0. The van der Waals surface area contributed by atoms with E-state index in [0.29, 0.717) is 16.7 Å². The first kappa shape index (κ1) is 22.6. The molecule has 170 valence electrons. The lowest BCUT2D eigenvalue weighted by Gasteiger charge is -2.58. The van der Waals surface area contributed by atoms with Gasteiger partial charge in [0.15, 0.2) is 0 Å². The van der Waals surface area contributed by atoms with Crippen LogP contribution in [-0.2, 0) is 0 Å². The summed E-state index contributed by atoms with van der Waals surface area (Å²) in [6, 6.07) is 0. The van der Waals surface area contributed by atoms with Crippen molar-refractivity contribution in [1.29, 1.82) is 0 Å². The highest BCUT2D eigenvalue weighted by Gasteiger charge is 2.58. The van der Waals surface area contributed by atoms with Crippen molar-refractivity contribution in [2.24, 2.45) is 52.3 Å². The van der Waals surface area contributed by atoms with Crippen LogP contribution in [-0.4, -0.2) is 11.2 Å². The van der Waals surface area contributed by atoms with Gasteiger partial charge < -0.3 is 5.11 Å². The maximum Gasteiger partial charge on any atom is 0.0577 e. The van der Waals surface area contributed by atoms with Gasteiger partial charge in [-0.2, -0.15) is 0 Å². The van der Waals surface area contributed by atoms with E-state index in [-0.39, 0.29) is 6.10 Å². The maximum absolute atomic E-state index is 10.2. The summed E-state index contributed by atoms with van der Waals surface area (Å²) in [6.07, 6.45) is 19.1. The Balaban J connectivity index is 1.52. The van der Waals surface area contributed by atoms with Crippen LogP contribution in [0, 0.1) is 52.3 Å². The zero-order valence-corrected chi connectivity index (χ0v) is 20.7. The maximum atomic E-state index is 10.2. The summed E-state index contributed by atoms with van der Waals surface area (Å²) in [5.74, 6) is 5.70. The number of hydrogen-bond donors (Lipinski definition) is 1. The molecule has 0 aliphatic heterocycles. The molecule has 0 aromatic heterocycles. The van der Waals surface area contributed by atoms with Crippen LogP contribution in [0.3, 0.4) is 0 Å². The van der Waals surface area contributed by atoms with E-state index in [1.54, 1.807) is 5.57 Å². The van der Waals surface area contributed by atoms with Gasteiger partial charge in [0.25, 0.3) is 0 Å². The van der Waals surface area contributed by atoms with E-state index >= 15 is 0 Å². The van der Waals surface area contributed by atoms with Crippen LogP contribution in [0.2, 0.25) is 0 Å². The third kappa shape index (κ3) is 3.66. The largest absolute Gasteiger partial charge is 0.393 e. The number of aliphatic hydroxyl groups excluding tert-OH is 1. The number of aliphatic hydroxyl groups is 1. The molecule has 4 rings (SSSR count). The third-order valence-electron chi connectivity index (χ3n) is 10.8. The molecule has 4 aliphatic rings. The molecule has 0 spiro atoms. The minimum atomic E-state index is -0.0870. The summed E-state index contributed by atoms with van der Waals surface area (Å²) in [5.41, 5.74) is 2.51. The van der Waals surface area contributed by atoms with E-state index in [9.17, 15) is 5.11 Å². The van der Waals surface area contributed by atoms with E-state index in [4.69, 9.17) is 0 Å². The second-order valence-corrected chi connectivity index (χ2v) is 12.4. The van der Waals surface area contributed by atoms with Crippen molar-refractivity contribution >= 4 is 0 Å². The average Bonchev–Trinajstić information content (AvgIpc) is 3.06. The van der Waals surface area contributed by atoms with Gasteiger partial charge in [0.1, 0.15) is 0 Å². The van der Waals surface area contributed by atoms with Crippen LogP contribution >= 0.6 is 0 Å². The summed E-state index contributed by atoms with van der Waals surface area (Å²) in [6.45, 7) is 14.8. The molecule has 3 fully saturated rings. The second-order valence-electron chi connectivity index (χ2n) is 12.4. The van der Waals surface area contributed by atoms with Crippen molar-refractivity contribution < 1.29 is 5.11 Å². The van der Waals surface area contributed by atoms with E-state index in [2.05, 4.69) is 59.8 Å². The molecule has 0 aromatic carbocycles. The normalized spacial score (nSPS) is 45.6. The Morgan fingerprint density at radius 3 is 2.50 bits per heavy atom. The molecule has 0 amide bonds. The predicted molar refractivity (Wildman–Crippen MR) is 128 cm³/mol. The van der Waals surface area contributed by atoms with E-state index in [0.717, 1.165) is 48.3 Å². The predicted octanol–water partition coefficient (Wildman–Crippen LogP) is 7.80. The molecule has 1 N–H and O–H groups in total. The van der Waals surface area contributed by atoms with Crippen LogP contribution in [0.25, 0.3) is 0 Å². The minimum absolute atomic E-state index is 0.0870. The lowest BCUT2D eigenvalue weighted by Crippen LogP contribution is -2.50. The van der Waals surface area contributed by atoms with E-state index < -0.39 is 0 Å². The van der Waals surface area contributed by atoms with Crippen LogP contribution in [0.5, 0.6) is 0 Å². The molecule has 1 nitrogen and oxygen atoms in total. The quantitative estimate of drug-likeness (QED) is 0.457. The number of hydrogen-bond acceptors (Lipinski definition) is 1. The van der Waals surface area contributed by atoms with Crippen molar-refractivity contribution in [3.05, 3.63) is 23.8 Å². The van der Waals surface area contributed by atoms with Crippen molar-refractivity contribution in [1.82, 2.24) is 0 Å². The Morgan fingerprint density at radius 1 is 1.03 bits per heavy atom. The van der Waals surface area contributed by atoms with Crippen molar-refractivity contribution in [3.63, 3.8) is 0 Å². The fraction of sp³-hybridized carbons (Fsp3) is 0.862. The van der Waals surface area contributed by atoms with Gasteiger partial charge in [-0.15, -0.1) is 0 Å². The van der Waals surface area contributed by atoms with Gasteiger partial charge in [-0.05, 0) is 110 Å². The van der Waals surface area contributed by atoms with Gasteiger partial charge in [0.05, 0.1) is 6.10 Å². The van der Waals surface area contributed by atoms with E-state index in [1.165, 1.54) is 44.9 Å². The number of allylic oxidation sites excluding steroid dienone is 3. The molecule has 9 atom stereocenters. The fourth-order valence-electron chi connectivity index (χ4n) is 8.83. The molecule has 0 heterocycles. The Kier molecular flexibility index (Phi) is 6.35. The smallest absolute Gasteiger partial charge is 0.0577 e. The lowest BCUT2D eigenvalue weighted by atomic mass is 9.47. The summed E-state index contributed by atoms with van der Waals surface area (Å²) in [5, 5.41) is 10.2. The molecule has 0 unspecified atom stereocenters. The zero-order chi connectivity index (χ0) is 21.7. The molecule has 0 saturated heterocycles. The molecule has 4 aliphatic carbocycles. The van der Waals surface area contributed by atoms with Crippen LogP contribution < -0.4 is 0 Å². The van der Waals surface area contributed by atoms with Gasteiger partial charge >= 0.3 is 0 Å². The van der Waals surface area contributed by atoms with Crippen LogP contribution in [0.4, 0.5) is 0 Å². The lowest BCUT2D eigenvalue weighted by molar-refractivity contribution is -0.0540. The first-order valence-electron chi connectivity index (χ1n) is 13.3. The SMILES string of the molecule is CC[C@H](C=C[C@H](C)[C@H]1CC[C@H]2[C@@H]3CC=C4C[C@H](O)CC[C@@]4(C)[C@H]3CC[C@]12C)C(C)C. The third-order valence-corrected chi connectivity index (χ3v) is 10.8. The highest BCUT2D eigenvalue weighted by atomic mass is 16.3. The average molecular weight is 413 g/mol. The molecular weight excluding hydrogens is 364 g/mol. The van der Waals surface area contributed by atoms with Crippen molar-refractivity contribution in [2.45, 2.75) is 105 Å². The van der Waals surface area contributed by atoms with Gasteiger partial charge in [-0.1, -0.05) is 65.3 Å². The topological polar surface area (TPSA) is 20.2 Å². The van der Waals surface area contributed by atoms with Crippen LogP contribution in [0.1, 0.15) is 99.3 Å². The standard InChI is InChI=1S/C29H48O/c1-7-21(19(2)3)9-8-20(4)25-12-13-26-24-11-10-22-18-23(30)14-16-28(22,5)27(24)15-17-29(25,26)6/h8-10,19-21,23-27,30H,7,11-18H2,1-6H3/t20-,21+,23+,24-,25+,26-,27-,28+,29+/m0/s1. The summed E-state index contributed by atoms with van der Waals surface area (Å²) in [7, 11) is 0. The second kappa shape index (κ2) is 8.42. The highest BCUT2D eigenvalue weighted by Crippen LogP contribution is 2.67. The Hall–Kier alpha value is -0.560. The minimum Gasteiger partial charge on any atom is -0.393 e.